The van der Waals surface area contributed by atoms with Crippen LogP contribution in [0.15, 0.2) is 42.5 Å². The average molecular weight is 485 g/mol. The number of carbonyl (C=O) groups excluding carboxylic acids is 2. The molecule has 2 aromatic carbocycles. The lowest BCUT2D eigenvalue weighted by Gasteiger charge is -2.30. The third-order valence-corrected chi connectivity index (χ3v) is 6.28. The molecule has 0 bridgehead atoms. The van der Waals surface area contributed by atoms with Gasteiger partial charge in [0, 0.05) is 34.5 Å². The molecule has 0 radical (unpaired) electrons. The molecule has 1 atom stereocenters. The molecule has 0 aliphatic carbocycles. The van der Waals surface area contributed by atoms with Crippen LogP contribution in [0, 0.1) is 5.82 Å². The Labute approximate surface area is 197 Å². The van der Waals surface area contributed by atoms with E-state index >= 15 is 0 Å². The molecule has 8 heteroatoms. The first kappa shape index (κ1) is 25.5. The highest BCUT2D eigenvalue weighted by molar-refractivity contribution is 7.99. The molecule has 0 saturated carbocycles. The molecule has 0 saturated heterocycles. The second-order valence-electron chi connectivity index (χ2n) is 7.06. The third kappa shape index (κ3) is 7.70. The lowest BCUT2D eigenvalue weighted by Crippen LogP contribution is -2.49. The zero-order valence-corrected chi connectivity index (χ0v) is 20.0. The molecule has 0 aliphatic rings. The molecular formula is C23H27Cl2FN2O2S. The summed E-state index contributed by atoms with van der Waals surface area (Å²) in [6.45, 7) is 4.70. The van der Waals surface area contributed by atoms with E-state index in [1.54, 1.807) is 29.2 Å². The summed E-state index contributed by atoms with van der Waals surface area (Å²) in [5.41, 5.74) is 1.25. The Kier molecular flexibility index (Phi) is 10.6. The highest BCUT2D eigenvalue weighted by Gasteiger charge is 2.28. The Morgan fingerprint density at radius 2 is 1.84 bits per heavy atom. The van der Waals surface area contributed by atoms with Crippen molar-refractivity contribution in [2.24, 2.45) is 0 Å². The zero-order valence-electron chi connectivity index (χ0n) is 17.7. The molecule has 2 amide bonds. The van der Waals surface area contributed by atoms with Crippen LogP contribution < -0.4 is 5.32 Å². The smallest absolute Gasteiger partial charge is 0.242 e. The number of rotatable bonds is 11. The van der Waals surface area contributed by atoms with E-state index in [9.17, 15) is 14.0 Å². The molecule has 0 spiro atoms. The van der Waals surface area contributed by atoms with Crippen molar-refractivity contribution in [2.45, 2.75) is 45.0 Å². The summed E-state index contributed by atoms with van der Waals surface area (Å²) in [6.07, 6.45) is 1.30. The first-order valence-electron chi connectivity index (χ1n) is 10.2. The number of amides is 2. The van der Waals surface area contributed by atoms with E-state index in [0.29, 0.717) is 28.6 Å². The molecule has 168 valence electrons. The first-order chi connectivity index (χ1) is 14.9. The molecule has 0 heterocycles. The number of halogens is 3. The van der Waals surface area contributed by atoms with E-state index in [4.69, 9.17) is 23.2 Å². The second kappa shape index (κ2) is 12.9. The van der Waals surface area contributed by atoms with Gasteiger partial charge in [0.1, 0.15) is 11.9 Å². The Morgan fingerprint density at radius 1 is 1.13 bits per heavy atom. The Morgan fingerprint density at radius 3 is 2.45 bits per heavy atom. The van der Waals surface area contributed by atoms with Gasteiger partial charge in [-0.25, -0.2) is 4.39 Å². The van der Waals surface area contributed by atoms with Gasteiger partial charge in [-0.15, -0.1) is 11.8 Å². The summed E-state index contributed by atoms with van der Waals surface area (Å²) in [5, 5.41) is 3.82. The number of hydrogen-bond acceptors (Lipinski definition) is 3. The summed E-state index contributed by atoms with van der Waals surface area (Å²) in [6, 6.07) is 11.1. The van der Waals surface area contributed by atoms with Crippen LogP contribution in [0.25, 0.3) is 0 Å². The van der Waals surface area contributed by atoms with E-state index in [1.807, 2.05) is 26.0 Å². The molecular weight excluding hydrogens is 458 g/mol. The second-order valence-corrected chi connectivity index (χ2v) is 8.89. The van der Waals surface area contributed by atoms with Gasteiger partial charge in [0.25, 0.3) is 0 Å². The fraction of sp³-hybridized carbons (Fsp3) is 0.391. The van der Waals surface area contributed by atoms with Crippen LogP contribution in [0.1, 0.15) is 37.8 Å². The van der Waals surface area contributed by atoms with Crippen LogP contribution in [-0.4, -0.2) is 35.1 Å². The van der Waals surface area contributed by atoms with Crippen molar-refractivity contribution >= 4 is 46.8 Å². The summed E-state index contributed by atoms with van der Waals surface area (Å²) < 4.78 is 14.0. The third-order valence-electron chi connectivity index (χ3n) is 4.73. The zero-order chi connectivity index (χ0) is 22.8. The normalized spacial score (nSPS) is 11.8. The van der Waals surface area contributed by atoms with Gasteiger partial charge in [-0.1, -0.05) is 55.2 Å². The largest absolute Gasteiger partial charge is 0.354 e. The predicted molar refractivity (Wildman–Crippen MR) is 127 cm³/mol. The van der Waals surface area contributed by atoms with E-state index < -0.39 is 11.9 Å². The van der Waals surface area contributed by atoms with Gasteiger partial charge in [-0.05, 0) is 42.7 Å². The number of benzene rings is 2. The molecule has 4 nitrogen and oxygen atoms in total. The first-order valence-corrected chi connectivity index (χ1v) is 12.1. The van der Waals surface area contributed by atoms with Crippen molar-refractivity contribution in [3.05, 3.63) is 69.5 Å². The minimum absolute atomic E-state index is 0.107. The highest BCUT2D eigenvalue weighted by Crippen LogP contribution is 2.25. The SMILES string of the molecule is CCCNC(=O)[C@H](CC)N(Cc1ccc(Cl)cc1)C(=O)CSCc1c(F)cccc1Cl. The van der Waals surface area contributed by atoms with Crippen molar-refractivity contribution in [1.29, 1.82) is 0 Å². The maximum absolute atomic E-state index is 14.0. The van der Waals surface area contributed by atoms with E-state index in [2.05, 4.69) is 5.32 Å². The molecule has 0 fully saturated rings. The molecule has 0 aromatic heterocycles. The van der Waals surface area contributed by atoms with Crippen LogP contribution in [0.3, 0.4) is 0 Å². The van der Waals surface area contributed by atoms with Crippen LogP contribution in [0.2, 0.25) is 10.0 Å². The minimum Gasteiger partial charge on any atom is -0.354 e. The monoisotopic (exact) mass is 484 g/mol. The standard InChI is InChI=1S/C23H27Cl2FN2O2S/c1-3-12-27-23(30)21(4-2)28(13-16-8-10-17(24)11-9-16)22(29)15-31-14-18-19(25)6-5-7-20(18)26/h5-11,21H,3-4,12-15H2,1-2H3,(H,27,30)/t21-/m0/s1. The van der Waals surface area contributed by atoms with Crippen LogP contribution in [0.5, 0.6) is 0 Å². The van der Waals surface area contributed by atoms with Crippen LogP contribution >= 0.6 is 35.0 Å². The molecule has 0 unspecified atom stereocenters. The van der Waals surface area contributed by atoms with E-state index in [1.165, 1.54) is 17.8 Å². The molecule has 31 heavy (non-hydrogen) atoms. The quantitative estimate of drug-likeness (QED) is 0.444. The molecule has 0 aliphatic heterocycles. The van der Waals surface area contributed by atoms with Crippen LogP contribution in [-0.2, 0) is 21.9 Å². The van der Waals surface area contributed by atoms with Gasteiger partial charge in [-0.2, -0.15) is 0 Å². The minimum atomic E-state index is -0.590. The van der Waals surface area contributed by atoms with Gasteiger partial charge in [0.15, 0.2) is 0 Å². The van der Waals surface area contributed by atoms with Gasteiger partial charge in [-0.3, -0.25) is 9.59 Å². The van der Waals surface area contributed by atoms with Crippen molar-refractivity contribution in [3.8, 4) is 0 Å². The Bertz CT molecular complexity index is 860. The summed E-state index contributed by atoms with van der Waals surface area (Å²) in [4.78, 5) is 27.4. The fourth-order valence-electron chi connectivity index (χ4n) is 3.07. The van der Waals surface area contributed by atoms with Crippen molar-refractivity contribution in [2.75, 3.05) is 12.3 Å². The van der Waals surface area contributed by atoms with Crippen LogP contribution in [0.4, 0.5) is 4.39 Å². The lowest BCUT2D eigenvalue weighted by atomic mass is 10.1. The molecule has 2 aromatic rings. The average Bonchev–Trinajstić information content (AvgIpc) is 2.75. The highest BCUT2D eigenvalue weighted by atomic mass is 35.5. The van der Waals surface area contributed by atoms with E-state index in [0.717, 1.165) is 12.0 Å². The number of nitrogens with one attached hydrogen (secondary N) is 1. The number of hydrogen-bond donors (Lipinski definition) is 1. The number of thioether (sulfide) groups is 1. The Hall–Kier alpha value is -1.76. The maximum atomic E-state index is 14.0. The van der Waals surface area contributed by atoms with Crippen molar-refractivity contribution in [3.63, 3.8) is 0 Å². The Balaban J connectivity index is 2.14. The summed E-state index contributed by atoms with van der Waals surface area (Å²) in [5.74, 6) is -0.378. The molecule has 2 rings (SSSR count). The van der Waals surface area contributed by atoms with E-state index in [-0.39, 0.29) is 29.9 Å². The number of nitrogens with zero attached hydrogens (tertiary/aromatic N) is 1. The van der Waals surface area contributed by atoms with Crippen molar-refractivity contribution < 1.29 is 14.0 Å². The predicted octanol–water partition coefficient (Wildman–Crippen LogP) is 5.70. The number of carbonyl (C=O) groups is 2. The maximum Gasteiger partial charge on any atom is 0.242 e. The van der Waals surface area contributed by atoms with Gasteiger partial charge >= 0.3 is 0 Å². The lowest BCUT2D eigenvalue weighted by molar-refractivity contribution is -0.139. The van der Waals surface area contributed by atoms with Gasteiger partial charge in [0.2, 0.25) is 11.8 Å². The van der Waals surface area contributed by atoms with Gasteiger partial charge < -0.3 is 10.2 Å². The van der Waals surface area contributed by atoms with Gasteiger partial charge in [0.05, 0.1) is 5.75 Å². The molecule has 1 N–H and O–H groups in total. The fourth-order valence-corrected chi connectivity index (χ4v) is 4.44. The van der Waals surface area contributed by atoms with Crippen molar-refractivity contribution in [1.82, 2.24) is 10.2 Å². The topological polar surface area (TPSA) is 49.4 Å². The summed E-state index contributed by atoms with van der Waals surface area (Å²) in [7, 11) is 0. The summed E-state index contributed by atoms with van der Waals surface area (Å²) >= 11 is 13.3.